The van der Waals surface area contributed by atoms with Gasteiger partial charge in [-0.15, -0.1) is 0 Å². The molecule has 0 saturated heterocycles. The third-order valence-corrected chi connectivity index (χ3v) is 7.02. The molecule has 0 saturated carbocycles. The van der Waals surface area contributed by atoms with Crippen molar-refractivity contribution in [2.75, 3.05) is 0 Å². The van der Waals surface area contributed by atoms with Gasteiger partial charge in [-0.1, -0.05) is 82.3 Å². The second kappa shape index (κ2) is 9.91. The Morgan fingerprint density at radius 2 is 1.02 bits per heavy atom. The molecule has 4 aromatic carbocycles. The Balaban J connectivity index is 1.84. The molecule has 206 valence electrons. The molecular weight excluding hydrogens is 526 g/mol. The molecule has 0 radical (unpaired) electrons. The van der Waals surface area contributed by atoms with E-state index in [2.05, 4.69) is 4.99 Å². The number of hydrogen-bond acceptors (Lipinski definition) is 2. The van der Waals surface area contributed by atoms with E-state index in [9.17, 15) is 26.3 Å². The summed E-state index contributed by atoms with van der Waals surface area (Å²) in [5, 5.41) is 1.67. The van der Waals surface area contributed by atoms with Crippen molar-refractivity contribution in [2.45, 2.75) is 51.9 Å². The fourth-order valence-electron chi connectivity index (χ4n) is 5.10. The van der Waals surface area contributed by atoms with Crippen molar-refractivity contribution in [3.05, 3.63) is 106 Å². The maximum Gasteiger partial charge on any atom is 0.416 e. The maximum absolute atomic E-state index is 13.6. The molecule has 0 aromatic heterocycles. The normalized spacial score (nSPS) is 15.8. The Hall–Kier alpha value is -3.94. The maximum atomic E-state index is 13.6. The zero-order valence-electron chi connectivity index (χ0n) is 22.2. The van der Waals surface area contributed by atoms with Gasteiger partial charge in [0.25, 0.3) is 0 Å². The standard InChI is InChI=1S/C32H26F6N2/c1-17(2)23-10-7-11-24(18(3)4)28(23)40-30-26-13-6-9-19-8-5-12-25(27(19)26)29(30)39-22-15-20(31(33,34)35)14-21(16-22)32(36,37)38/h5-18H,1-4H3. The van der Waals surface area contributed by atoms with Gasteiger partial charge in [-0.05, 0) is 46.5 Å². The highest BCUT2D eigenvalue weighted by atomic mass is 19.4. The molecular formula is C32H26F6N2. The molecule has 0 amide bonds. The third kappa shape index (κ3) is 5.03. The van der Waals surface area contributed by atoms with Crippen molar-refractivity contribution >= 4 is 33.6 Å². The molecule has 0 bridgehead atoms. The molecule has 4 aromatic rings. The van der Waals surface area contributed by atoms with E-state index >= 15 is 0 Å². The lowest BCUT2D eigenvalue weighted by Crippen LogP contribution is -2.12. The number of halogens is 6. The van der Waals surface area contributed by atoms with Gasteiger partial charge < -0.3 is 0 Å². The van der Waals surface area contributed by atoms with E-state index in [-0.39, 0.29) is 23.6 Å². The summed E-state index contributed by atoms with van der Waals surface area (Å²) in [5.74, 6) is 0.242. The third-order valence-electron chi connectivity index (χ3n) is 7.02. The van der Waals surface area contributed by atoms with E-state index in [0.717, 1.165) is 33.2 Å². The van der Waals surface area contributed by atoms with Gasteiger partial charge in [0.05, 0.1) is 33.9 Å². The Labute approximate surface area is 228 Å². The number of benzene rings is 4. The fourth-order valence-corrected chi connectivity index (χ4v) is 5.10. The van der Waals surface area contributed by atoms with Crippen LogP contribution in [0.2, 0.25) is 0 Å². The number of para-hydroxylation sites is 1. The Morgan fingerprint density at radius 1 is 0.575 bits per heavy atom. The minimum Gasteiger partial charge on any atom is -0.246 e. The second-order valence-corrected chi connectivity index (χ2v) is 10.5. The van der Waals surface area contributed by atoms with Gasteiger partial charge >= 0.3 is 12.4 Å². The molecule has 8 heteroatoms. The molecule has 0 aliphatic heterocycles. The van der Waals surface area contributed by atoms with Crippen molar-refractivity contribution in [1.29, 1.82) is 0 Å². The summed E-state index contributed by atoms with van der Waals surface area (Å²) in [7, 11) is 0. The Morgan fingerprint density at radius 3 is 1.48 bits per heavy atom. The average molecular weight is 553 g/mol. The van der Waals surface area contributed by atoms with Crippen LogP contribution in [-0.4, -0.2) is 11.4 Å². The summed E-state index contributed by atoms with van der Waals surface area (Å²) in [6.45, 7) is 8.18. The molecule has 0 atom stereocenters. The summed E-state index contributed by atoms with van der Waals surface area (Å²) in [6, 6.07) is 18.4. The van der Waals surface area contributed by atoms with Crippen LogP contribution >= 0.6 is 0 Å². The molecule has 1 aliphatic carbocycles. The lowest BCUT2D eigenvalue weighted by atomic mass is 9.92. The molecule has 0 unspecified atom stereocenters. The smallest absolute Gasteiger partial charge is 0.246 e. The molecule has 2 nitrogen and oxygen atoms in total. The lowest BCUT2D eigenvalue weighted by Gasteiger charge is -2.17. The molecule has 40 heavy (non-hydrogen) atoms. The minimum absolute atomic E-state index is 0.108. The van der Waals surface area contributed by atoms with Crippen molar-refractivity contribution in [2.24, 2.45) is 9.98 Å². The summed E-state index contributed by atoms with van der Waals surface area (Å²) in [4.78, 5) is 9.56. The van der Waals surface area contributed by atoms with Gasteiger partial charge in [-0.3, -0.25) is 0 Å². The summed E-state index contributed by atoms with van der Waals surface area (Å²) >= 11 is 0. The number of rotatable bonds is 4. The predicted molar refractivity (Wildman–Crippen MR) is 147 cm³/mol. The summed E-state index contributed by atoms with van der Waals surface area (Å²) < 4.78 is 81.7. The van der Waals surface area contributed by atoms with Crippen LogP contribution < -0.4 is 0 Å². The van der Waals surface area contributed by atoms with Gasteiger partial charge in [0, 0.05) is 16.5 Å². The zero-order chi connectivity index (χ0) is 29.0. The highest BCUT2D eigenvalue weighted by Crippen LogP contribution is 2.41. The lowest BCUT2D eigenvalue weighted by molar-refractivity contribution is -0.143. The first-order chi connectivity index (χ1) is 18.8. The monoisotopic (exact) mass is 552 g/mol. The van der Waals surface area contributed by atoms with Crippen molar-refractivity contribution in [3.63, 3.8) is 0 Å². The summed E-state index contributed by atoms with van der Waals surface area (Å²) in [6.07, 6.45) is -9.96. The quantitative estimate of drug-likeness (QED) is 0.225. The van der Waals surface area contributed by atoms with Crippen LogP contribution in [0.15, 0.2) is 82.8 Å². The minimum atomic E-state index is -4.98. The van der Waals surface area contributed by atoms with E-state index in [0.29, 0.717) is 23.4 Å². The van der Waals surface area contributed by atoms with E-state index in [4.69, 9.17) is 4.99 Å². The van der Waals surface area contributed by atoms with Crippen LogP contribution in [0.25, 0.3) is 10.8 Å². The Kier molecular flexibility index (Phi) is 6.84. The van der Waals surface area contributed by atoms with Crippen molar-refractivity contribution in [3.8, 4) is 0 Å². The van der Waals surface area contributed by atoms with Crippen LogP contribution in [-0.2, 0) is 12.4 Å². The van der Waals surface area contributed by atoms with E-state index in [1.165, 1.54) is 0 Å². The van der Waals surface area contributed by atoms with Crippen molar-refractivity contribution < 1.29 is 26.3 Å². The Bertz CT molecular complexity index is 1610. The van der Waals surface area contributed by atoms with Gasteiger partial charge in [-0.2, -0.15) is 26.3 Å². The first-order valence-electron chi connectivity index (χ1n) is 12.9. The fraction of sp³-hybridized carbons (Fsp3) is 0.250. The predicted octanol–water partition coefficient (Wildman–Crippen LogP) is 10.4. The van der Waals surface area contributed by atoms with E-state index in [1.807, 2.05) is 70.2 Å². The van der Waals surface area contributed by atoms with Gasteiger partial charge in [0.1, 0.15) is 0 Å². The largest absolute Gasteiger partial charge is 0.416 e. The number of hydrogen-bond donors (Lipinski definition) is 0. The first kappa shape index (κ1) is 27.6. The van der Waals surface area contributed by atoms with E-state index < -0.39 is 29.2 Å². The average Bonchev–Trinajstić information content (AvgIpc) is 3.16. The number of nitrogens with zero attached hydrogens (tertiary/aromatic N) is 2. The van der Waals surface area contributed by atoms with Gasteiger partial charge in [0.15, 0.2) is 0 Å². The molecule has 0 spiro atoms. The van der Waals surface area contributed by atoms with Crippen LogP contribution in [0.3, 0.4) is 0 Å². The van der Waals surface area contributed by atoms with Gasteiger partial charge in [-0.25, -0.2) is 9.98 Å². The van der Waals surface area contributed by atoms with Crippen LogP contribution in [0.5, 0.6) is 0 Å². The zero-order valence-corrected chi connectivity index (χ0v) is 22.2. The SMILES string of the molecule is CC(C)c1cccc(C(C)C)c1N=C1C(=Nc2cc(C(F)(F)F)cc(C(F)(F)F)c2)c2cccc3cccc1c23. The van der Waals surface area contributed by atoms with Crippen molar-refractivity contribution in [1.82, 2.24) is 0 Å². The summed E-state index contributed by atoms with van der Waals surface area (Å²) in [5.41, 5.74) is 1.40. The molecule has 1 aliphatic rings. The second-order valence-electron chi connectivity index (χ2n) is 10.5. The van der Waals surface area contributed by atoms with E-state index in [1.54, 1.807) is 12.1 Å². The highest BCUT2D eigenvalue weighted by molar-refractivity contribution is 6.61. The highest BCUT2D eigenvalue weighted by Gasteiger charge is 2.37. The number of alkyl halides is 6. The van der Waals surface area contributed by atoms with Crippen LogP contribution in [0.1, 0.15) is 72.9 Å². The molecule has 0 N–H and O–H groups in total. The molecule has 0 fully saturated rings. The van der Waals surface area contributed by atoms with Crippen LogP contribution in [0.4, 0.5) is 37.7 Å². The molecule has 5 rings (SSSR count). The molecule has 0 heterocycles. The van der Waals surface area contributed by atoms with Crippen LogP contribution in [0, 0.1) is 0 Å². The number of aliphatic imine (C=N–C) groups is 2. The van der Waals surface area contributed by atoms with Gasteiger partial charge in [0.2, 0.25) is 0 Å². The first-order valence-corrected chi connectivity index (χ1v) is 12.9. The topological polar surface area (TPSA) is 24.7 Å².